The first-order valence-corrected chi connectivity index (χ1v) is 21.6. The van der Waals surface area contributed by atoms with E-state index in [2.05, 4.69) is 180 Å². The highest BCUT2D eigenvalue weighted by molar-refractivity contribution is 5.91. The summed E-state index contributed by atoms with van der Waals surface area (Å²) in [5.41, 5.74) is 17.0. The first-order chi connectivity index (χ1) is 31.7. The summed E-state index contributed by atoms with van der Waals surface area (Å²) in [6, 6.07) is 81.5. The Morgan fingerprint density at radius 2 is 0.797 bits per heavy atom. The summed E-state index contributed by atoms with van der Waals surface area (Å²) in [5.74, 6) is 1.91. The third-order valence-corrected chi connectivity index (χ3v) is 12.6. The van der Waals surface area contributed by atoms with Gasteiger partial charge in [0.25, 0.3) is 0 Å². The van der Waals surface area contributed by atoms with Crippen LogP contribution in [0.1, 0.15) is 22.3 Å². The SMILES string of the molecule is c1ccc(-c2nc(-c3ccccc3)nc(-c3ccc(-c4cccc(-c5nc6ccccn6c5-c5ccc6c(c5)C(c5ccccc5)(c5ccccc5)c5ccccc5-6)c4)cc3)n2)cc1. The molecule has 3 heterocycles. The first kappa shape index (κ1) is 37.2. The van der Waals surface area contributed by atoms with Crippen LogP contribution in [-0.2, 0) is 5.41 Å². The summed E-state index contributed by atoms with van der Waals surface area (Å²) in [6.07, 6.45) is 2.13. The van der Waals surface area contributed by atoms with Crippen LogP contribution in [0, 0.1) is 0 Å². The van der Waals surface area contributed by atoms with E-state index in [1.165, 1.54) is 33.4 Å². The second-order valence-corrected chi connectivity index (χ2v) is 16.2. The molecule has 0 fully saturated rings. The van der Waals surface area contributed by atoms with Crippen molar-refractivity contribution in [1.82, 2.24) is 24.3 Å². The van der Waals surface area contributed by atoms with Crippen LogP contribution in [0.25, 0.3) is 84.6 Å². The number of fused-ring (bicyclic) bond motifs is 4. The van der Waals surface area contributed by atoms with Crippen molar-refractivity contribution >= 4 is 5.65 Å². The average Bonchev–Trinajstić information content (AvgIpc) is 3.92. The summed E-state index contributed by atoms with van der Waals surface area (Å²) in [6.45, 7) is 0. The van der Waals surface area contributed by atoms with Crippen LogP contribution in [-0.4, -0.2) is 24.3 Å². The highest BCUT2D eigenvalue weighted by Gasteiger charge is 2.46. The second-order valence-electron chi connectivity index (χ2n) is 16.2. The third kappa shape index (κ3) is 6.17. The Kier molecular flexibility index (Phi) is 8.97. The molecular formula is C59H39N5. The number of imidazole rings is 1. The Hall–Kier alpha value is -8.54. The van der Waals surface area contributed by atoms with E-state index in [1.54, 1.807) is 0 Å². The van der Waals surface area contributed by atoms with Gasteiger partial charge in [-0.15, -0.1) is 0 Å². The molecule has 0 saturated carbocycles. The van der Waals surface area contributed by atoms with Crippen LogP contribution in [0.5, 0.6) is 0 Å². The molecule has 0 spiro atoms. The summed E-state index contributed by atoms with van der Waals surface area (Å²) in [5, 5.41) is 0. The van der Waals surface area contributed by atoms with Crippen LogP contribution in [0.15, 0.2) is 237 Å². The Morgan fingerprint density at radius 3 is 1.44 bits per heavy atom. The molecule has 64 heavy (non-hydrogen) atoms. The second kappa shape index (κ2) is 15.4. The summed E-state index contributed by atoms with van der Waals surface area (Å²) in [4.78, 5) is 20.1. The zero-order valence-electron chi connectivity index (χ0n) is 34.8. The van der Waals surface area contributed by atoms with Gasteiger partial charge in [-0.3, -0.25) is 4.40 Å². The van der Waals surface area contributed by atoms with E-state index in [0.29, 0.717) is 17.5 Å². The minimum Gasteiger partial charge on any atom is -0.299 e. The van der Waals surface area contributed by atoms with Crippen molar-refractivity contribution in [2.75, 3.05) is 0 Å². The van der Waals surface area contributed by atoms with Crippen molar-refractivity contribution in [3.05, 3.63) is 259 Å². The topological polar surface area (TPSA) is 56.0 Å². The van der Waals surface area contributed by atoms with Gasteiger partial charge in [-0.1, -0.05) is 206 Å². The van der Waals surface area contributed by atoms with Gasteiger partial charge in [0.05, 0.1) is 16.8 Å². The number of hydrogen-bond donors (Lipinski definition) is 0. The highest BCUT2D eigenvalue weighted by Crippen LogP contribution is 2.57. The number of pyridine rings is 1. The minimum absolute atomic E-state index is 0.509. The molecule has 0 aliphatic heterocycles. The van der Waals surface area contributed by atoms with Gasteiger partial charge in [0.2, 0.25) is 0 Å². The fourth-order valence-electron chi connectivity index (χ4n) is 9.66. The predicted octanol–water partition coefficient (Wildman–Crippen LogP) is 13.9. The lowest BCUT2D eigenvalue weighted by atomic mass is 9.67. The number of rotatable bonds is 8. The Labute approximate surface area is 371 Å². The highest BCUT2D eigenvalue weighted by atomic mass is 15.0. The zero-order valence-corrected chi connectivity index (χ0v) is 34.8. The summed E-state index contributed by atoms with van der Waals surface area (Å²) < 4.78 is 2.23. The van der Waals surface area contributed by atoms with E-state index in [4.69, 9.17) is 19.9 Å². The maximum Gasteiger partial charge on any atom is 0.164 e. The molecule has 0 amide bonds. The van der Waals surface area contributed by atoms with Crippen LogP contribution in [0.2, 0.25) is 0 Å². The standard InChI is InChI=1S/C59H39N5/c1-5-18-41(19-6-1)56-61-57(42-20-7-2-8-21-42)63-58(62-56)43-33-31-40(32-34-43)44-22-17-23-45(38-44)54-55(64-37-16-15-30-53(64)60-54)46-35-36-50-49-28-13-14-29-51(49)59(52(50)39-46,47-24-9-3-10-25-47)48-26-11-4-12-27-48/h1-39H. The van der Waals surface area contributed by atoms with Crippen molar-refractivity contribution in [1.29, 1.82) is 0 Å². The normalized spacial score (nSPS) is 12.5. The van der Waals surface area contributed by atoms with Crippen molar-refractivity contribution in [2.45, 2.75) is 5.41 Å². The molecule has 5 heteroatoms. The quantitative estimate of drug-likeness (QED) is 0.153. The number of aromatic nitrogens is 5. The van der Waals surface area contributed by atoms with E-state index in [-0.39, 0.29) is 0 Å². The van der Waals surface area contributed by atoms with E-state index in [1.807, 2.05) is 60.7 Å². The van der Waals surface area contributed by atoms with Crippen LogP contribution < -0.4 is 0 Å². The zero-order chi connectivity index (χ0) is 42.5. The molecule has 0 radical (unpaired) electrons. The molecule has 8 aromatic carbocycles. The van der Waals surface area contributed by atoms with Gasteiger partial charge in [-0.25, -0.2) is 19.9 Å². The van der Waals surface area contributed by atoms with Crippen molar-refractivity contribution in [3.8, 4) is 78.9 Å². The fraction of sp³-hybridized carbons (Fsp3) is 0.0169. The van der Waals surface area contributed by atoms with Gasteiger partial charge >= 0.3 is 0 Å². The molecule has 0 saturated heterocycles. The van der Waals surface area contributed by atoms with E-state index < -0.39 is 5.41 Å². The number of nitrogens with zero attached hydrogens (tertiary/aromatic N) is 5. The Bertz CT molecular complexity index is 3380. The molecule has 1 aliphatic rings. The van der Waals surface area contributed by atoms with Gasteiger partial charge in [0, 0.05) is 34.0 Å². The van der Waals surface area contributed by atoms with Gasteiger partial charge in [0.15, 0.2) is 17.5 Å². The van der Waals surface area contributed by atoms with Crippen molar-refractivity contribution in [3.63, 3.8) is 0 Å². The maximum atomic E-state index is 5.34. The lowest BCUT2D eigenvalue weighted by Crippen LogP contribution is -2.28. The molecule has 3 aromatic heterocycles. The predicted molar refractivity (Wildman–Crippen MR) is 258 cm³/mol. The van der Waals surface area contributed by atoms with E-state index >= 15 is 0 Å². The molecule has 1 aliphatic carbocycles. The van der Waals surface area contributed by atoms with Gasteiger partial charge in [-0.2, -0.15) is 0 Å². The fourth-order valence-corrected chi connectivity index (χ4v) is 9.66. The molecule has 0 bridgehead atoms. The lowest BCUT2D eigenvalue weighted by Gasteiger charge is -2.34. The van der Waals surface area contributed by atoms with Gasteiger partial charge in [-0.05, 0) is 68.8 Å². The monoisotopic (exact) mass is 817 g/mol. The molecule has 0 N–H and O–H groups in total. The molecular weight excluding hydrogens is 779 g/mol. The van der Waals surface area contributed by atoms with Crippen LogP contribution >= 0.6 is 0 Å². The van der Waals surface area contributed by atoms with Crippen molar-refractivity contribution < 1.29 is 0 Å². The first-order valence-electron chi connectivity index (χ1n) is 21.6. The number of hydrogen-bond acceptors (Lipinski definition) is 4. The summed E-state index contributed by atoms with van der Waals surface area (Å²) in [7, 11) is 0. The smallest absolute Gasteiger partial charge is 0.164 e. The summed E-state index contributed by atoms with van der Waals surface area (Å²) >= 11 is 0. The molecule has 5 nitrogen and oxygen atoms in total. The van der Waals surface area contributed by atoms with Gasteiger partial charge < -0.3 is 0 Å². The third-order valence-electron chi connectivity index (χ3n) is 12.6. The lowest BCUT2D eigenvalue weighted by molar-refractivity contribution is 0.768. The Morgan fingerprint density at radius 1 is 0.312 bits per heavy atom. The van der Waals surface area contributed by atoms with E-state index in [0.717, 1.165) is 56.0 Å². The number of benzene rings is 8. The maximum absolute atomic E-state index is 5.34. The van der Waals surface area contributed by atoms with Crippen LogP contribution in [0.4, 0.5) is 0 Å². The molecule has 12 rings (SSSR count). The Balaban J connectivity index is 0.967. The minimum atomic E-state index is -0.509. The van der Waals surface area contributed by atoms with E-state index in [9.17, 15) is 0 Å². The molecule has 11 aromatic rings. The molecule has 300 valence electrons. The van der Waals surface area contributed by atoms with Crippen molar-refractivity contribution in [2.24, 2.45) is 0 Å². The molecule has 0 atom stereocenters. The molecule has 0 unspecified atom stereocenters. The van der Waals surface area contributed by atoms with Gasteiger partial charge in [0.1, 0.15) is 5.65 Å². The largest absolute Gasteiger partial charge is 0.299 e. The average molecular weight is 818 g/mol. The van der Waals surface area contributed by atoms with Crippen LogP contribution in [0.3, 0.4) is 0 Å².